The summed E-state index contributed by atoms with van der Waals surface area (Å²) in [5.41, 5.74) is 1.21. The van der Waals surface area contributed by atoms with Crippen molar-refractivity contribution in [3.05, 3.63) is 40.7 Å². The summed E-state index contributed by atoms with van der Waals surface area (Å²) in [5, 5.41) is 10.1. The third-order valence-electron chi connectivity index (χ3n) is 4.17. The maximum Gasteiger partial charge on any atom is 0.191 e. The molecule has 1 aromatic carbocycles. The van der Waals surface area contributed by atoms with Crippen molar-refractivity contribution in [1.82, 2.24) is 14.8 Å². The number of nitrogens with one attached hydrogen (secondary N) is 1. The fraction of sp³-hybridized carbons (Fsp3) is 0.500. The first-order chi connectivity index (χ1) is 11.1. The second-order valence-electron chi connectivity index (χ2n) is 5.86. The van der Waals surface area contributed by atoms with Crippen LogP contribution in [0.1, 0.15) is 11.4 Å². The summed E-state index contributed by atoms with van der Waals surface area (Å²) in [6.45, 7) is 5.73. The monoisotopic (exact) mass is 353 g/mol. The van der Waals surface area contributed by atoms with Crippen LogP contribution in [0, 0.1) is 6.92 Å². The summed E-state index contributed by atoms with van der Waals surface area (Å²) < 4.78 is 7.93. The zero-order valence-electron chi connectivity index (χ0n) is 13.5. The highest BCUT2D eigenvalue weighted by molar-refractivity contribution is 7.99. The lowest BCUT2D eigenvalue weighted by Gasteiger charge is -2.30. The summed E-state index contributed by atoms with van der Waals surface area (Å²) in [6, 6.07) is 8.09. The van der Waals surface area contributed by atoms with Gasteiger partial charge in [-0.2, -0.15) is 0 Å². The van der Waals surface area contributed by atoms with E-state index in [0.29, 0.717) is 0 Å². The molecule has 1 N–H and O–H groups in total. The van der Waals surface area contributed by atoms with Crippen molar-refractivity contribution < 1.29 is 9.64 Å². The number of hydrogen-bond acceptors (Lipinski definition) is 4. The van der Waals surface area contributed by atoms with Gasteiger partial charge in [-0.1, -0.05) is 41.6 Å². The molecule has 1 fully saturated rings. The van der Waals surface area contributed by atoms with Gasteiger partial charge in [0.1, 0.15) is 31.6 Å². The minimum Gasteiger partial charge on any atom is -0.366 e. The molecular formula is C16H22ClN4OS+. The highest BCUT2D eigenvalue weighted by atomic mass is 35.5. The third kappa shape index (κ3) is 4.26. The van der Waals surface area contributed by atoms with Gasteiger partial charge >= 0.3 is 0 Å². The smallest absolute Gasteiger partial charge is 0.191 e. The van der Waals surface area contributed by atoms with Crippen LogP contribution in [0.4, 0.5) is 0 Å². The minimum absolute atomic E-state index is 0.239. The van der Waals surface area contributed by atoms with Gasteiger partial charge in [-0.3, -0.25) is 0 Å². The lowest BCUT2D eigenvalue weighted by atomic mass is 10.2. The van der Waals surface area contributed by atoms with Gasteiger partial charge in [0.15, 0.2) is 5.16 Å². The molecule has 0 aliphatic carbocycles. The molecule has 0 bridgehead atoms. The number of aromatic nitrogens is 3. The zero-order chi connectivity index (χ0) is 16.2. The summed E-state index contributed by atoms with van der Waals surface area (Å²) in [5.74, 6) is 1.83. The van der Waals surface area contributed by atoms with E-state index in [4.69, 9.17) is 16.3 Å². The molecule has 2 heterocycles. The number of aryl methyl sites for hydroxylation is 1. The molecule has 7 heteroatoms. The van der Waals surface area contributed by atoms with Gasteiger partial charge in [-0.15, -0.1) is 10.2 Å². The van der Waals surface area contributed by atoms with Crippen LogP contribution in [-0.2, 0) is 18.3 Å². The van der Waals surface area contributed by atoms with E-state index in [1.54, 1.807) is 11.8 Å². The van der Waals surface area contributed by atoms with Crippen molar-refractivity contribution in [3.63, 3.8) is 0 Å². The first-order valence-electron chi connectivity index (χ1n) is 7.81. The number of nitrogens with zero attached hydrogens (tertiary/aromatic N) is 3. The van der Waals surface area contributed by atoms with Crippen LogP contribution in [0.5, 0.6) is 0 Å². The quantitative estimate of drug-likeness (QED) is 0.824. The predicted molar refractivity (Wildman–Crippen MR) is 92.1 cm³/mol. The Balaban J connectivity index is 1.54. The van der Waals surface area contributed by atoms with E-state index in [1.165, 1.54) is 10.5 Å². The number of quaternary nitrogens is 1. The van der Waals surface area contributed by atoms with Gasteiger partial charge in [0.05, 0.1) is 6.61 Å². The number of thioether (sulfide) groups is 1. The Morgan fingerprint density at radius 3 is 2.96 bits per heavy atom. The molecule has 1 aliphatic heterocycles. The minimum atomic E-state index is 0.239. The molecular weight excluding hydrogens is 332 g/mol. The lowest BCUT2D eigenvalue weighted by Crippen LogP contribution is -3.13. The first kappa shape index (κ1) is 16.8. The van der Waals surface area contributed by atoms with Crippen LogP contribution >= 0.6 is 23.4 Å². The van der Waals surface area contributed by atoms with Gasteiger partial charge in [0.2, 0.25) is 0 Å². The van der Waals surface area contributed by atoms with Crippen molar-refractivity contribution in [3.8, 4) is 0 Å². The summed E-state index contributed by atoms with van der Waals surface area (Å²) >= 11 is 7.98. The summed E-state index contributed by atoms with van der Waals surface area (Å²) in [7, 11) is 1.99. The van der Waals surface area contributed by atoms with Gasteiger partial charge in [-0.05, 0) is 13.0 Å². The Morgan fingerprint density at radius 1 is 1.39 bits per heavy atom. The largest absolute Gasteiger partial charge is 0.366 e. The van der Waals surface area contributed by atoms with Crippen molar-refractivity contribution in [2.45, 2.75) is 24.7 Å². The van der Waals surface area contributed by atoms with Crippen molar-refractivity contribution in [2.24, 2.45) is 7.05 Å². The normalized spacial score (nSPS) is 21.5. The maximum atomic E-state index is 6.27. The molecule has 23 heavy (non-hydrogen) atoms. The van der Waals surface area contributed by atoms with E-state index < -0.39 is 0 Å². The van der Waals surface area contributed by atoms with Crippen molar-refractivity contribution >= 4 is 23.4 Å². The molecule has 0 spiro atoms. The molecule has 2 aromatic rings. The van der Waals surface area contributed by atoms with Crippen molar-refractivity contribution in [1.29, 1.82) is 0 Å². The fourth-order valence-corrected chi connectivity index (χ4v) is 3.89. The second kappa shape index (κ2) is 7.66. The van der Waals surface area contributed by atoms with E-state index in [-0.39, 0.29) is 6.10 Å². The Bertz CT molecular complexity index is 663. The molecule has 0 saturated carbocycles. The second-order valence-corrected chi connectivity index (χ2v) is 7.26. The lowest BCUT2D eigenvalue weighted by molar-refractivity contribution is -0.924. The van der Waals surface area contributed by atoms with E-state index in [2.05, 4.69) is 16.3 Å². The average Bonchev–Trinajstić information content (AvgIpc) is 2.87. The average molecular weight is 354 g/mol. The topological polar surface area (TPSA) is 44.4 Å². The predicted octanol–water partition coefficient (Wildman–Crippen LogP) is 1.35. The highest BCUT2D eigenvalue weighted by Gasteiger charge is 2.25. The standard InChI is InChI=1S/C16H21ClN4OS/c1-12-18-19-16(20(12)2)23-11-14-10-21(7-8-22-14)9-13-5-3-4-6-15(13)17/h3-6,14H,7-11H2,1-2H3/p+1/t14-/m0/s1. The van der Waals surface area contributed by atoms with Crippen LogP contribution in [0.3, 0.4) is 0 Å². The highest BCUT2D eigenvalue weighted by Crippen LogP contribution is 2.18. The Morgan fingerprint density at radius 2 is 2.22 bits per heavy atom. The number of morpholine rings is 1. The van der Waals surface area contributed by atoms with Gasteiger partial charge in [0.25, 0.3) is 0 Å². The van der Waals surface area contributed by atoms with E-state index >= 15 is 0 Å². The molecule has 5 nitrogen and oxygen atoms in total. The van der Waals surface area contributed by atoms with Crippen LogP contribution in [0.15, 0.2) is 29.4 Å². The molecule has 2 atom stereocenters. The zero-order valence-corrected chi connectivity index (χ0v) is 15.0. The first-order valence-corrected chi connectivity index (χ1v) is 9.17. The number of ether oxygens (including phenoxy) is 1. The molecule has 0 radical (unpaired) electrons. The third-order valence-corrected chi connectivity index (χ3v) is 5.70. The Kier molecular flexibility index (Phi) is 5.58. The van der Waals surface area contributed by atoms with E-state index in [9.17, 15) is 0 Å². The summed E-state index contributed by atoms with van der Waals surface area (Å²) in [6.07, 6.45) is 0.239. The number of rotatable bonds is 5. The molecule has 0 amide bonds. The van der Waals surface area contributed by atoms with Gasteiger partial charge < -0.3 is 14.2 Å². The molecule has 3 rings (SSSR count). The molecule has 1 aromatic heterocycles. The number of benzene rings is 1. The fourth-order valence-electron chi connectivity index (χ4n) is 2.71. The van der Waals surface area contributed by atoms with Gasteiger partial charge in [0, 0.05) is 23.4 Å². The maximum absolute atomic E-state index is 6.27. The van der Waals surface area contributed by atoms with Gasteiger partial charge in [-0.25, -0.2) is 0 Å². The summed E-state index contributed by atoms with van der Waals surface area (Å²) in [4.78, 5) is 1.52. The molecule has 1 aliphatic rings. The molecule has 124 valence electrons. The number of hydrogen-bond donors (Lipinski definition) is 1. The molecule has 1 unspecified atom stereocenters. The SMILES string of the molecule is Cc1nnc(SC[C@@H]2C[NH+](Cc3ccccc3Cl)CCO2)n1C. The van der Waals surface area contributed by atoms with Crippen LogP contribution in [0.25, 0.3) is 0 Å². The van der Waals surface area contributed by atoms with E-state index in [1.807, 2.05) is 36.7 Å². The Labute approximate surface area is 146 Å². The van der Waals surface area contributed by atoms with Crippen LogP contribution in [0.2, 0.25) is 5.02 Å². The Hall–Kier alpha value is -1.08. The number of halogens is 1. The van der Waals surface area contributed by atoms with Crippen molar-refractivity contribution in [2.75, 3.05) is 25.4 Å². The van der Waals surface area contributed by atoms with E-state index in [0.717, 1.165) is 48.0 Å². The van der Waals surface area contributed by atoms with Crippen LogP contribution in [-0.4, -0.2) is 46.3 Å². The van der Waals surface area contributed by atoms with Crippen LogP contribution < -0.4 is 4.90 Å². The molecule has 1 saturated heterocycles.